The molecule has 36 heavy (non-hydrogen) atoms. The van der Waals surface area contributed by atoms with Crippen molar-refractivity contribution in [1.82, 2.24) is 4.90 Å². The highest BCUT2D eigenvalue weighted by Crippen LogP contribution is 2.30. The highest BCUT2D eigenvalue weighted by Gasteiger charge is 2.26. The van der Waals surface area contributed by atoms with Gasteiger partial charge in [0.1, 0.15) is 5.75 Å². The smallest absolute Gasteiger partial charge is 0.338 e. The minimum absolute atomic E-state index is 0.0835. The Morgan fingerprint density at radius 2 is 1.64 bits per heavy atom. The van der Waals surface area contributed by atoms with Gasteiger partial charge < -0.3 is 33.9 Å². The van der Waals surface area contributed by atoms with E-state index >= 15 is 0 Å². The number of esters is 1. The zero-order valence-electron chi connectivity index (χ0n) is 20.5. The van der Waals surface area contributed by atoms with E-state index in [1.54, 1.807) is 23.1 Å². The van der Waals surface area contributed by atoms with Gasteiger partial charge in [0.2, 0.25) is 0 Å². The Labute approximate surface area is 214 Å². The number of amides is 2. The van der Waals surface area contributed by atoms with Gasteiger partial charge in [-0.1, -0.05) is 11.6 Å². The average molecular weight is 521 g/mol. The summed E-state index contributed by atoms with van der Waals surface area (Å²) in [6, 6.07) is 9.19. The fraction of sp³-hybridized carbons (Fsp3) is 0.400. The molecule has 1 aliphatic heterocycles. The van der Waals surface area contributed by atoms with Crippen molar-refractivity contribution in [2.75, 3.05) is 45.8 Å². The second-order valence-electron chi connectivity index (χ2n) is 8.18. The Morgan fingerprint density at radius 1 is 0.972 bits per heavy atom. The number of nitrogens with one attached hydrogen (secondary N) is 1. The normalized spacial score (nSPS) is 17.2. The highest BCUT2D eigenvalue weighted by molar-refractivity contribution is 6.31. The summed E-state index contributed by atoms with van der Waals surface area (Å²) >= 11 is 5.98. The van der Waals surface area contributed by atoms with Crippen LogP contribution < -0.4 is 19.5 Å². The van der Waals surface area contributed by atoms with Gasteiger partial charge in [-0.05, 0) is 50.2 Å². The van der Waals surface area contributed by atoms with Crippen LogP contribution in [0.15, 0.2) is 36.4 Å². The number of nitrogens with zero attached hydrogens (tertiary/aromatic N) is 1. The molecule has 0 aliphatic carbocycles. The molecule has 1 N–H and O–H groups in total. The Balaban J connectivity index is 1.56. The van der Waals surface area contributed by atoms with Crippen molar-refractivity contribution in [2.24, 2.45) is 0 Å². The summed E-state index contributed by atoms with van der Waals surface area (Å²) in [7, 11) is 2.88. The maximum atomic E-state index is 12.5. The number of halogens is 1. The van der Waals surface area contributed by atoms with Crippen molar-refractivity contribution < 1.29 is 38.1 Å². The third-order valence-corrected chi connectivity index (χ3v) is 5.53. The molecule has 3 rings (SSSR count). The van der Waals surface area contributed by atoms with Crippen molar-refractivity contribution in [3.63, 3.8) is 0 Å². The van der Waals surface area contributed by atoms with Gasteiger partial charge in [-0.2, -0.15) is 0 Å². The van der Waals surface area contributed by atoms with Gasteiger partial charge in [0.05, 0.1) is 37.7 Å². The molecule has 2 aromatic carbocycles. The molecule has 1 aliphatic rings. The molecular weight excluding hydrogens is 492 g/mol. The largest absolute Gasteiger partial charge is 0.495 e. The number of carbonyl (C=O) groups is 3. The first-order valence-corrected chi connectivity index (χ1v) is 11.6. The molecule has 0 radical (unpaired) electrons. The van der Waals surface area contributed by atoms with Gasteiger partial charge in [-0.3, -0.25) is 9.59 Å². The Hall–Kier alpha value is -3.50. The number of methoxy groups -OCH3 is 2. The Morgan fingerprint density at radius 3 is 2.31 bits per heavy atom. The molecule has 10 nitrogen and oxygen atoms in total. The lowest BCUT2D eigenvalue weighted by molar-refractivity contribution is -0.146. The molecule has 0 spiro atoms. The summed E-state index contributed by atoms with van der Waals surface area (Å²) < 4.78 is 26.9. The molecule has 1 saturated heterocycles. The van der Waals surface area contributed by atoms with Crippen molar-refractivity contribution in [3.05, 3.63) is 47.0 Å². The summed E-state index contributed by atoms with van der Waals surface area (Å²) in [6.07, 6.45) is -0.167. The van der Waals surface area contributed by atoms with E-state index in [0.717, 1.165) is 0 Å². The highest BCUT2D eigenvalue weighted by atomic mass is 35.5. The molecule has 1 heterocycles. The summed E-state index contributed by atoms with van der Waals surface area (Å²) in [5.41, 5.74) is 0.572. The van der Waals surface area contributed by atoms with Crippen LogP contribution in [0, 0.1) is 0 Å². The quantitative estimate of drug-likeness (QED) is 0.502. The van der Waals surface area contributed by atoms with Gasteiger partial charge in [-0.15, -0.1) is 0 Å². The van der Waals surface area contributed by atoms with Gasteiger partial charge in [0.25, 0.3) is 11.8 Å². The first-order valence-electron chi connectivity index (χ1n) is 11.2. The molecule has 0 aromatic heterocycles. The first-order chi connectivity index (χ1) is 17.2. The topological polar surface area (TPSA) is 113 Å². The van der Waals surface area contributed by atoms with Crippen LogP contribution in [0.2, 0.25) is 5.02 Å². The molecule has 11 heteroatoms. The van der Waals surface area contributed by atoms with Crippen LogP contribution in [0.3, 0.4) is 0 Å². The molecule has 0 saturated carbocycles. The number of hydrogen-bond acceptors (Lipinski definition) is 8. The second kappa shape index (κ2) is 12.5. The number of benzene rings is 2. The summed E-state index contributed by atoms with van der Waals surface area (Å²) in [4.78, 5) is 38.9. The summed E-state index contributed by atoms with van der Waals surface area (Å²) in [5.74, 6) is -0.516. The molecule has 2 atom stereocenters. The van der Waals surface area contributed by atoms with Crippen LogP contribution in [0.25, 0.3) is 0 Å². The van der Waals surface area contributed by atoms with Gasteiger partial charge in [0.15, 0.2) is 24.7 Å². The molecule has 0 unspecified atom stereocenters. The second-order valence-corrected chi connectivity index (χ2v) is 8.62. The molecular formula is C25H29ClN2O8. The monoisotopic (exact) mass is 520 g/mol. The van der Waals surface area contributed by atoms with Crippen molar-refractivity contribution in [3.8, 4) is 17.2 Å². The van der Waals surface area contributed by atoms with Gasteiger partial charge >= 0.3 is 5.97 Å². The Kier molecular flexibility index (Phi) is 9.38. The first kappa shape index (κ1) is 27.1. The van der Waals surface area contributed by atoms with Crippen LogP contribution in [-0.2, 0) is 19.1 Å². The minimum Gasteiger partial charge on any atom is -0.495 e. The fourth-order valence-corrected chi connectivity index (χ4v) is 3.88. The van der Waals surface area contributed by atoms with Crippen molar-refractivity contribution >= 4 is 35.1 Å². The van der Waals surface area contributed by atoms with E-state index in [2.05, 4.69) is 5.32 Å². The maximum Gasteiger partial charge on any atom is 0.338 e. The average Bonchev–Trinajstić information content (AvgIpc) is 2.85. The van der Waals surface area contributed by atoms with E-state index in [1.165, 1.54) is 32.4 Å². The zero-order valence-corrected chi connectivity index (χ0v) is 21.3. The molecule has 2 aromatic rings. The zero-order chi connectivity index (χ0) is 26.2. The molecule has 194 valence electrons. The molecule has 0 bridgehead atoms. The van der Waals surface area contributed by atoms with E-state index in [0.29, 0.717) is 29.5 Å². The van der Waals surface area contributed by atoms with E-state index in [4.69, 9.17) is 35.3 Å². The fourth-order valence-electron chi connectivity index (χ4n) is 3.70. The SMILES string of the molecule is COc1ccc(Cl)cc1NC(=O)COc1ccc(C(=O)OCC(=O)N2C[C@H](C)O[C@@H](C)C2)cc1OC. The van der Waals surface area contributed by atoms with Crippen LogP contribution >= 0.6 is 11.6 Å². The maximum absolute atomic E-state index is 12.5. The Bertz CT molecular complexity index is 1100. The molecule has 2 amide bonds. The number of ether oxygens (including phenoxy) is 5. The van der Waals surface area contributed by atoms with Crippen LogP contribution in [-0.4, -0.2) is 75.4 Å². The third kappa shape index (κ3) is 7.25. The van der Waals surface area contributed by atoms with Crippen LogP contribution in [0.1, 0.15) is 24.2 Å². The summed E-state index contributed by atoms with van der Waals surface area (Å²) in [6.45, 7) is 3.94. The van der Waals surface area contributed by atoms with Crippen molar-refractivity contribution in [1.29, 1.82) is 0 Å². The predicted molar refractivity (Wildman–Crippen MR) is 132 cm³/mol. The number of rotatable bonds is 9. The number of anilines is 1. The van der Waals surface area contributed by atoms with E-state index in [1.807, 2.05) is 13.8 Å². The lowest BCUT2D eigenvalue weighted by atomic mass is 10.2. The lowest BCUT2D eigenvalue weighted by Gasteiger charge is -2.35. The van der Waals surface area contributed by atoms with E-state index < -0.39 is 11.9 Å². The van der Waals surface area contributed by atoms with Crippen molar-refractivity contribution in [2.45, 2.75) is 26.1 Å². The minimum atomic E-state index is -0.687. The van der Waals surface area contributed by atoms with Crippen LogP contribution in [0.5, 0.6) is 17.2 Å². The number of hydrogen-bond donors (Lipinski definition) is 1. The lowest BCUT2D eigenvalue weighted by Crippen LogP contribution is -2.49. The standard InChI is InChI=1S/C25H29ClN2O8/c1-15-11-28(12-16(2)36-15)24(30)14-35-25(31)17-5-7-21(22(9-17)33-4)34-13-23(29)27-19-10-18(26)6-8-20(19)32-3/h5-10,15-16H,11-14H2,1-4H3,(H,27,29)/t15-,16-/m0/s1. The number of morpholine rings is 1. The van der Waals surface area contributed by atoms with E-state index in [-0.39, 0.29) is 48.4 Å². The summed E-state index contributed by atoms with van der Waals surface area (Å²) in [5, 5.41) is 3.10. The van der Waals surface area contributed by atoms with Crippen LogP contribution in [0.4, 0.5) is 5.69 Å². The number of carbonyl (C=O) groups excluding carboxylic acids is 3. The van der Waals surface area contributed by atoms with Gasteiger partial charge in [0, 0.05) is 18.1 Å². The van der Waals surface area contributed by atoms with Gasteiger partial charge in [-0.25, -0.2) is 4.79 Å². The van der Waals surface area contributed by atoms with E-state index in [9.17, 15) is 14.4 Å². The predicted octanol–water partition coefficient (Wildman–Crippen LogP) is 3.17. The third-order valence-electron chi connectivity index (χ3n) is 5.29. The molecule has 1 fully saturated rings.